The molecule has 0 saturated heterocycles. The van der Waals surface area contributed by atoms with Crippen LogP contribution in [0.1, 0.15) is 17.4 Å². The van der Waals surface area contributed by atoms with E-state index in [1.807, 2.05) is 0 Å². The van der Waals surface area contributed by atoms with Gasteiger partial charge in [0.15, 0.2) is 6.23 Å². The molecule has 0 aliphatic heterocycles. The van der Waals surface area contributed by atoms with Crippen molar-refractivity contribution in [3.8, 4) is 0 Å². The largest absolute Gasteiger partial charge is 0.416 e. The van der Waals surface area contributed by atoms with Crippen LogP contribution in [-0.2, 0) is 10.9 Å². The molecule has 8 heteroatoms. The van der Waals surface area contributed by atoms with E-state index in [1.165, 1.54) is 19.2 Å². The van der Waals surface area contributed by atoms with Crippen LogP contribution in [0.25, 0.3) is 0 Å². The molecule has 0 bridgehead atoms. The summed E-state index contributed by atoms with van der Waals surface area (Å²) in [7, 11) is 1.36. The molecule has 0 N–H and O–H groups in total. The molecule has 4 nitrogen and oxygen atoms in total. The highest BCUT2D eigenvalue weighted by Gasteiger charge is 2.30. The smallest absolute Gasteiger partial charge is 0.351 e. The molecule has 0 aromatic heterocycles. The molecular formula is C11H12ClF3N2O2. The average molecular weight is 297 g/mol. The van der Waals surface area contributed by atoms with Crippen molar-refractivity contribution in [2.75, 3.05) is 19.5 Å². The van der Waals surface area contributed by atoms with Crippen molar-refractivity contribution in [2.24, 2.45) is 5.29 Å². The topological polar surface area (TPSA) is 41.9 Å². The molecule has 1 atom stereocenters. The summed E-state index contributed by atoms with van der Waals surface area (Å²) < 4.78 is 42.5. The van der Waals surface area contributed by atoms with Crippen LogP contribution in [0.15, 0.2) is 29.6 Å². The van der Waals surface area contributed by atoms with Crippen molar-refractivity contribution in [3.63, 3.8) is 0 Å². The van der Waals surface area contributed by atoms with Crippen LogP contribution < -0.4 is 0 Å². The summed E-state index contributed by atoms with van der Waals surface area (Å²) in [6, 6.07) is 4.32. The van der Waals surface area contributed by atoms with Crippen molar-refractivity contribution >= 4 is 11.6 Å². The standard InChI is InChI=1S/C11H12ClF3N2O2/c1-17(16-18)10(19-7-6-12)8-2-4-9(5-3-8)11(13,14)15/h2-5,10H,6-7H2,1H3. The quantitative estimate of drug-likeness (QED) is 0.349. The van der Waals surface area contributed by atoms with Gasteiger partial charge in [0.25, 0.3) is 0 Å². The Labute approximate surface area is 113 Å². The summed E-state index contributed by atoms with van der Waals surface area (Å²) in [5.41, 5.74) is -0.380. The normalized spacial score (nSPS) is 13.1. The van der Waals surface area contributed by atoms with Gasteiger partial charge in [-0.1, -0.05) is 12.1 Å². The van der Waals surface area contributed by atoms with Gasteiger partial charge >= 0.3 is 6.18 Å². The third-order valence-corrected chi connectivity index (χ3v) is 2.50. The molecule has 0 spiro atoms. The molecule has 1 aromatic rings. The summed E-state index contributed by atoms with van der Waals surface area (Å²) in [6.07, 6.45) is -5.27. The van der Waals surface area contributed by atoms with E-state index in [1.54, 1.807) is 0 Å². The molecule has 19 heavy (non-hydrogen) atoms. The molecule has 1 rings (SSSR count). The zero-order valence-corrected chi connectivity index (χ0v) is 10.8. The molecule has 1 aromatic carbocycles. The fourth-order valence-electron chi connectivity index (χ4n) is 1.46. The second kappa shape index (κ2) is 6.72. The first-order valence-corrected chi connectivity index (χ1v) is 5.84. The maximum Gasteiger partial charge on any atom is 0.416 e. The Morgan fingerprint density at radius 1 is 1.37 bits per heavy atom. The minimum atomic E-state index is -4.40. The van der Waals surface area contributed by atoms with Gasteiger partial charge in [-0.2, -0.15) is 13.2 Å². The predicted molar refractivity (Wildman–Crippen MR) is 64.4 cm³/mol. The van der Waals surface area contributed by atoms with Gasteiger partial charge < -0.3 is 4.74 Å². The van der Waals surface area contributed by atoms with Gasteiger partial charge in [0.05, 0.1) is 17.5 Å². The minimum absolute atomic E-state index is 0.146. The molecule has 0 fully saturated rings. The lowest BCUT2D eigenvalue weighted by molar-refractivity contribution is -0.137. The first kappa shape index (κ1) is 15.7. The van der Waals surface area contributed by atoms with Crippen LogP contribution in [0.3, 0.4) is 0 Å². The number of nitroso groups, excluding NO2 is 1. The van der Waals surface area contributed by atoms with Gasteiger partial charge in [-0.25, -0.2) is 5.01 Å². The number of benzene rings is 1. The summed E-state index contributed by atoms with van der Waals surface area (Å²) in [6.45, 7) is 0.146. The van der Waals surface area contributed by atoms with Gasteiger partial charge in [-0.15, -0.1) is 16.5 Å². The van der Waals surface area contributed by atoms with Crippen LogP contribution in [0.4, 0.5) is 13.2 Å². The van der Waals surface area contributed by atoms with E-state index < -0.39 is 18.0 Å². The lowest BCUT2D eigenvalue weighted by Crippen LogP contribution is -2.22. The number of halogens is 4. The summed E-state index contributed by atoms with van der Waals surface area (Å²) in [5, 5.41) is 3.65. The first-order valence-electron chi connectivity index (χ1n) is 5.31. The van der Waals surface area contributed by atoms with Crippen LogP contribution in [0, 0.1) is 4.91 Å². The summed E-state index contributed by atoms with van der Waals surface area (Å²) in [4.78, 5) is 10.5. The number of hydrogen-bond acceptors (Lipinski definition) is 3. The monoisotopic (exact) mass is 296 g/mol. The Balaban J connectivity index is 2.93. The number of ether oxygens (including phenoxy) is 1. The minimum Gasteiger partial charge on any atom is -0.351 e. The van der Waals surface area contributed by atoms with Crippen LogP contribution in [-0.4, -0.2) is 24.5 Å². The number of hydrogen-bond donors (Lipinski definition) is 0. The van der Waals surface area contributed by atoms with E-state index in [0.29, 0.717) is 5.56 Å². The van der Waals surface area contributed by atoms with Gasteiger partial charge in [0.1, 0.15) is 0 Å². The average Bonchev–Trinajstić information content (AvgIpc) is 2.38. The molecule has 106 valence electrons. The fraction of sp³-hybridized carbons (Fsp3) is 0.455. The lowest BCUT2D eigenvalue weighted by Gasteiger charge is -2.23. The van der Waals surface area contributed by atoms with E-state index >= 15 is 0 Å². The molecule has 0 heterocycles. The zero-order chi connectivity index (χ0) is 14.5. The number of nitrogens with zero attached hydrogens (tertiary/aromatic N) is 2. The van der Waals surface area contributed by atoms with Crippen molar-refractivity contribution in [1.82, 2.24) is 5.01 Å². The van der Waals surface area contributed by atoms with Gasteiger partial charge in [0.2, 0.25) is 0 Å². The van der Waals surface area contributed by atoms with E-state index in [-0.39, 0.29) is 12.5 Å². The van der Waals surface area contributed by atoms with Gasteiger partial charge in [-0.05, 0) is 12.1 Å². The van der Waals surface area contributed by atoms with Crippen molar-refractivity contribution in [2.45, 2.75) is 12.4 Å². The van der Waals surface area contributed by atoms with Gasteiger partial charge in [0, 0.05) is 18.5 Å². The SMILES string of the molecule is CN(N=O)C(OCCCl)c1ccc(C(F)(F)F)cc1. The van der Waals surface area contributed by atoms with Gasteiger partial charge in [-0.3, -0.25) is 0 Å². The maximum atomic E-state index is 12.4. The first-order chi connectivity index (χ1) is 8.90. The van der Waals surface area contributed by atoms with Crippen molar-refractivity contribution < 1.29 is 17.9 Å². The van der Waals surface area contributed by atoms with Crippen molar-refractivity contribution in [3.05, 3.63) is 40.3 Å². The highest BCUT2D eigenvalue weighted by atomic mass is 35.5. The molecule has 0 aliphatic rings. The second-order valence-electron chi connectivity index (χ2n) is 3.69. The lowest BCUT2D eigenvalue weighted by atomic mass is 10.1. The molecule has 0 aliphatic carbocycles. The highest BCUT2D eigenvalue weighted by molar-refractivity contribution is 6.17. The van der Waals surface area contributed by atoms with Crippen LogP contribution in [0.2, 0.25) is 0 Å². The Morgan fingerprint density at radius 3 is 2.37 bits per heavy atom. The number of rotatable bonds is 6. The van der Waals surface area contributed by atoms with E-state index in [0.717, 1.165) is 17.1 Å². The maximum absolute atomic E-state index is 12.4. The zero-order valence-electron chi connectivity index (χ0n) is 10.0. The highest BCUT2D eigenvalue weighted by Crippen LogP contribution is 2.30. The summed E-state index contributed by atoms with van der Waals surface area (Å²) >= 11 is 5.46. The van der Waals surface area contributed by atoms with E-state index in [4.69, 9.17) is 16.3 Å². The van der Waals surface area contributed by atoms with Crippen LogP contribution >= 0.6 is 11.6 Å². The predicted octanol–water partition coefficient (Wildman–Crippen LogP) is 3.57. The third-order valence-electron chi connectivity index (χ3n) is 2.34. The number of alkyl halides is 4. The molecular weight excluding hydrogens is 285 g/mol. The molecule has 0 amide bonds. The van der Waals surface area contributed by atoms with E-state index in [9.17, 15) is 18.1 Å². The van der Waals surface area contributed by atoms with E-state index in [2.05, 4.69) is 5.29 Å². The van der Waals surface area contributed by atoms with Crippen molar-refractivity contribution in [1.29, 1.82) is 0 Å². The Morgan fingerprint density at radius 2 is 1.95 bits per heavy atom. The fourth-order valence-corrected chi connectivity index (χ4v) is 1.54. The molecule has 0 saturated carbocycles. The Kier molecular flexibility index (Phi) is 5.56. The molecule has 1 unspecified atom stereocenters. The van der Waals surface area contributed by atoms with Crippen LogP contribution in [0.5, 0.6) is 0 Å². The Hall–Kier alpha value is -1.34. The second-order valence-corrected chi connectivity index (χ2v) is 4.07. The Bertz CT molecular complexity index is 411. The molecule has 0 radical (unpaired) electrons. The summed E-state index contributed by atoms with van der Waals surface area (Å²) in [5.74, 6) is 0.198. The third kappa shape index (κ3) is 4.36.